The molecule has 2 fully saturated rings. The van der Waals surface area contributed by atoms with Crippen molar-refractivity contribution in [3.8, 4) is 0 Å². The minimum atomic E-state index is -0.314. The summed E-state index contributed by atoms with van der Waals surface area (Å²) in [5.74, 6) is 1.81. The first-order chi connectivity index (χ1) is 11.6. The summed E-state index contributed by atoms with van der Waals surface area (Å²) in [5, 5.41) is 11.2. The molecule has 0 saturated carbocycles. The maximum absolute atomic E-state index is 10.1. The van der Waals surface area contributed by atoms with E-state index in [0.29, 0.717) is 6.61 Å². The maximum atomic E-state index is 10.1. The fraction of sp³-hybridized carbons (Fsp3) is 0.647. The van der Waals surface area contributed by atoms with Crippen LogP contribution in [0.15, 0.2) is 6.07 Å². The van der Waals surface area contributed by atoms with Gasteiger partial charge in [-0.1, -0.05) is 6.92 Å². The van der Waals surface area contributed by atoms with Crippen molar-refractivity contribution in [3.05, 3.63) is 16.8 Å². The minimum Gasteiger partial charge on any atom is -0.394 e. The van der Waals surface area contributed by atoms with Crippen LogP contribution in [0.4, 0.5) is 5.82 Å². The smallest absolute Gasteiger partial charge is 0.141 e. The SMILES string of the molecule is CCc1cc2c(N3CCN4CCOC[C@]4(CO)C3)nc(C)nc2s1. The van der Waals surface area contributed by atoms with Crippen molar-refractivity contribution < 1.29 is 9.84 Å². The molecule has 0 radical (unpaired) electrons. The number of thiophene rings is 1. The van der Waals surface area contributed by atoms with Gasteiger partial charge in [-0.15, -0.1) is 11.3 Å². The number of rotatable bonds is 3. The number of aliphatic hydroxyl groups excluding tert-OH is 1. The zero-order chi connectivity index (χ0) is 16.7. The van der Waals surface area contributed by atoms with Crippen molar-refractivity contribution in [2.24, 2.45) is 0 Å². The van der Waals surface area contributed by atoms with Gasteiger partial charge in [-0.3, -0.25) is 4.90 Å². The zero-order valence-corrected chi connectivity index (χ0v) is 15.1. The van der Waals surface area contributed by atoms with Crippen LogP contribution in [0, 0.1) is 6.92 Å². The van der Waals surface area contributed by atoms with E-state index in [2.05, 4.69) is 27.8 Å². The van der Waals surface area contributed by atoms with E-state index in [-0.39, 0.29) is 12.1 Å². The van der Waals surface area contributed by atoms with Crippen LogP contribution in [-0.2, 0) is 11.2 Å². The van der Waals surface area contributed by atoms with Gasteiger partial charge in [-0.25, -0.2) is 9.97 Å². The Morgan fingerprint density at radius 3 is 3.00 bits per heavy atom. The quantitative estimate of drug-likeness (QED) is 0.906. The van der Waals surface area contributed by atoms with E-state index in [4.69, 9.17) is 9.72 Å². The average molecular weight is 348 g/mol. The molecule has 0 unspecified atom stereocenters. The Hall–Kier alpha value is -1.28. The monoisotopic (exact) mass is 348 g/mol. The van der Waals surface area contributed by atoms with Gasteiger partial charge >= 0.3 is 0 Å². The molecule has 0 spiro atoms. The molecule has 0 aliphatic carbocycles. The first-order valence-electron chi connectivity index (χ1n) is 8.61. The predicted molar refractivity (Wildman–Crippen MR) is 96.0 cm³/mol. The molecule has 0 amide bonds. The zero-order valence-electron chi connectivity index (χ0n) is 14.3. The van der Waals surface area contributed by atoms with Crippen LogP contribution in [0.5, 0.6) is 0 Å². The molecule has 4 rings (SSSR count). The number of ether oxygens (including phenoxy) is 1. The van der Waals surface area contributed by atoms with Gasteiger partial charge in [0.25, 0.3) is 0 Å². The van der Waals surface area contributed by atoms with E-state index in [1.54, 1.807) is 11.3 Å². The lowest BCUT2D eigenvalue weighted by Gasteiger charge is -2.52. The summed E-state index contributed by atoms with van der Waals surface area (Å²) in [4.78, 5) is 16.5. The number of morpholine rings is 1. The van der Waals surface area contributed by atoms with Crippen LogP contribution in [0.1, 0.15) is 17.6 Å². The van der Waals surface area contributed by atoms with Gasteiger partial charge in [-0.05, 0) is 19.4 Å². The Kier molecular flexibility index (Phi) is 4.20. The van der Waals surface area contributed by atoms with E-state index < -0.39 is 0 Å². The molecule has 2 aromatic heterocycles. The number of hydrogen-bond donors (Lipinski definition) is 1. The number of hydrogen-bond acceptors (Lipinski definition) is 7. The summed E-state index contributed by atoms with van der Waals surface area (Å²) in [6.07, 6.45) is 1.02. The van der Waals surface area contributed by atoms with E-state index in [1.165, 1.54) is 4.88 Å². The highest BCUT2D eigenvalue weighted by molar-refractivity contribution is 7.18. The summed E-state index contributed by atoms with van der Waals surface area (Å²) in [7, 11) is 0. The number of aryl methyl sites for hydroxylation is 2. The van der Waals surface area contributed by atoms with Crippen molar-refractivity contribution in [2.75, 3.05) is 50.9 Å². The van der Waals surface area contributed by atoms with Gasteiger partial charge in [-0.2, -0.15) is 0 Å². The van der Waals surface area contributed by atoms with E-state index in [0.717, 1.165) is 61.1 Å². The lowest BCUT2D eigenvalue weighted by molar-refractivity contribution is -0.0951. The lowest BCUT2D eigenvalue weighted by Crippen LogP contribution is -2.69. The van der Waals surface area contributed by atoms with Gasteiger partial charge in [0.2, 0.25) is 0 Å². The molecule has 2 aliphatic heterocycles. The van der Waals surface area contributed by atoms with Crippen LogP contribution in [-0.4, -0.2) is 71.5 Å². The molecular formula is C17H24N4O2S. The van der Waals surface area contributed by atoms with Crippen LogP contribution in [0.25, 0.3) is 10.2 Å². The van der Waals surface area contributed by atoms with E-state index >= 15 is 0 Å². The third-order valence-electron chi connectivity index (χ3n) is 5.15. The van der Waals surface area contributed by atoms with Crippen molar-refractivity contribution in [2.45, 2.75) is 25.8 Å². The number of anilines is 1. The second-order valence-electron chi connectivity index (χ2n) is 6.72. The van der Waals surface area contributed by atoms with Crippen molar-refractivity contribution in [3.63, 3.8) is 0 Å². The Balaban J connectivity index is 1.73. The molecule has 130 valence electrons. The highest BCUT2D eigenvalue weighted by Crippen LogP contribution is 2.34. The molecule has 1 atom stereocenters. The Labute approximate surface area is 146 Å². The molecule has 2 saturated heterocycles. The fourth-order valence-corrected chi connectivity index (χ4v) is 4.79. The molecule has 7 heteroatoms. The summed E-state index contributed by atoms with van der Waals surface area (Å²) < 4.78 is 5.69. The predicted octanol–water partition coefficient (Wildman–Crippen LogP) is 1.45. The lowest BCUT2D eigenvalue weighted by atomic mass is 9.94. The van der Waals surface area contributed by atoms with Crippen LogP contribution in [0.3, 0.4) is 0 Å². The van der Waals surface area contributed by atoms with Crippen molar-refractivity contribution in [1.82, 2.24) is 14.9 Å². The van der Waals surface area contributed by atoms with Gasteiger partial charge in [0, 0.05) is 31.1 Å². The van der Waals surface area contributed by atoms with Gasteiger partial charge in [0.05, 0.1) is 30.7 Å². The largest absolute Gasteiger partial charge is 0.394 e. The molecule has 2 aliphatic rings. The number of fused-ring (bicyclic) bond motifs is 2. The molecule has 1 N–H and O–H groups in total. The fourth-order valence-electron chi connectivity index (χ4n) is 3.79. The Morgan fingerprint density at radius 2 is 2.21 bits per heavy atom. The second-order valence-corrected chi connectivity index (χ2v) is 7.84. The Bertz CT molecular complexity index is 750. The first kappa shape index (κ1) is 16.2. The number of nitrogens with zero attached hydrogens (tertiary/aromatic N) is 4. The molecule has 0 aromatic carbocycles. The van der Waals surface area contributed by atoms with Gasteiger partial charge < -0.3 is 14.7 Å². The van der Waals surface area contributed by atoms with Crippen LogP contribution >= 0.6 is 11.3 Å². The number of aromatic nitrogens is 2. The average Bonchev–Trinajstić information content (AvgIpc) is 3.03. The number of piperazine rings is 1. The summed E-state index contributed by atoms with van der Waals surface area (Å²) in [6, 6.07) is 2.23. The molecule has 4 heterocycles. The third-order valence-corrected chi connectivity index (χ3v) is 6.32. The standard InChI is InChI=1S/C17H24N4O2S/c1-3-13-8-14-15(18-12(2)19-16(14)24-13)20-4-5-21-6-7-23-11-17(21,9-20)10-22/h8,22H,3-7,9-11H2,1-2H3/t17-/m1/s1. The summed E-state index contributed by atoms with van der Waals surface area (Å²) in [6.45, 7) is 9.06. The molecule has 0 bridgehead atoms. The molecule has 24 heavy (non-hydrogen) atoms. The summed E-state index contributed by atoms with van der Waals surface area (Å²) in [5.41, 5.74) is -0.314. The first-order valence-corrected chi connectivity index (χ1v) is 9.42. The minimum absolute atomic E-state index is 0.112. The maximum Gasteiger partial charge on any atom is 0.141 e. The Morgan fingerprint density at radius 1 is 1.33 bits per heavy atom. The summed E-state index contributed by atoms with van der Waals surface area (Å²) >= 11 is 1.75. The van der Waals surface area contributed by atoms with Crippen molar-refractivity contribution in [1.29, 1.82) is 0 Å². The number of aliphatic hydroxyl groups is 1. The van der Waals surface area contributed by atoms with Gasteiger partial charge in [0.1, 0.15) is 16.5 Å². The molecule has 2 aromatic rings. The second kappa shape index (κ2) is 6.22. The van der Waals surface area contributed by atoms with E-state index in [1.807, 2.05) is 6.92 Å². The highest BCUT2D eigenvalue weighted by atomic mass is 32.1. The van der Waals surface area contributed by atoms with Gasteiger partial charge in [0.15, 0.2) is 0 Å². The molecule has 6 nitrogen and oxygen atoms in total. The topological polar surface area (TPSA) is 61.7 Å². The van der Waals surface area contributed by atoms with Crippen LogP contribution in [0.2, 0.25) is 0 Å². The van der Waals surface area contributed by atoms with Crippen molar-refractivity contribution >= 4 is 27.4 Å². The molecular weight excluding hydrogens is 324 g/mol. The third kappa shape index (κ3) is 2.60. The van der Waals surface area contributed by atoms with Crippen LogP contribution < -0.4 is 4.90 Å². The highest BCUT2D eigenvalue weighted by Gasteiger charge is 2.44. The van der Waals surface area contributed by atoms with E-state index in [9.17, 15) is 5.11 Å². The normalized spacial score (nSPS) is 25.2.